The van der Waals surface area contributed by atoms with Gasteiger partial charge in [-0.3, -0.25) is 9.36 Å². The van der Waals surface area contributed by atoms with Crippen LogP contribution >= 0.6 is 0 Å². The van der Waals surface area contributed by atoms with Crippen molar-refractivity contribution in [1.29, 1.82) is 0 Å². The number of imidazole rings is 1. The zero-order valence-electron chi connectivity index (χ0n) is 17.8. The Morgan fingerprint density at radius 1 is 1.06 bits per heavy atom. The van der Waals surface area contributed by atoms with Crippen molar-refractivity contribution in [2.75, 3.05) is 0 Å². The van der Waals surface area contributed by atoms with Gasteiger partial charge in [0.25, 0.3) is 5.91 Å². The van der Waals surface area contributed by atoms with E-state index in [1.165, 1.54) is 12.7 Å². The minimum absolute atomic E-state index is 0.0557. The summed E-state index contributed by atoms with van der Waals surface area (Å²) in [5.41, 5.74) is 6.28. The number of nitrogens with zero attached hydrogens (tertiary/aromatic N) is 6. The molecule has 1 fully saturated rings. The Morgan fingerprint density at radius 3 is 2.64 bits per heavy atom. The van der Waals surface area contributed by atoms with Crippen molar-refractivity contribution >= 4 is 17.1 Å². The standard InChI is InChI=1S/C24H19N7O2/c1-14-2-3-17(23(32)29-18-8-9-18)10-19(14)31-12-27-21-20(25-11-26-22(21)31)15-4-6-16(7-5-15)24-30-28-13-33-24/h2-7,10-13,18H,8-9H2,1H3,(H,29,32). The number of benzene rings is 2. The molecular formula is C24H19N7O2. The maximum absolute atomic E-state index is 12.6. The summed E-state index contributed by atoms with van der Waals surface area (Å²) in [6.07, 6.45) is 6.65. The fourth-order valence-electron chi connectivity index (χ4n) is 3.80. The van der Waals surface area contributed by atoms with Crippen LogP contribution in [0.2, 0.25) is 0 Å². The average molecular weight is 437 g/mol. The molecule has 1 saturated carbocycles. The minimum Gasteiger partial charge on any atom is -0.423 e. The third-order valence-corrected chi connectivity index (χ3v) is 5.74. The Balaban J connectivity index is 1.39. The van der Waals surface area contributed by atoms with E-state index in [2.05, 4.69) is 30.5 Å². The third-order valence-electron chi connectivity index (χ3n) is 5.74. The normalized spacial score (nSPS) is 13.4. The molecule has 0 aliphatic heterocycles. The summed E-state index contributed by atoms with van der Waals surface area (Å²) >= 11 is 0. The van der Waals surface area contributed by atoms with Crippen molar-refractivity contribution in [1.82, 2.24) is 35.0 Å². The van der Waals surface area contributed by atoms with E-state index in [9.17, 15) is 4.79 Å². The molecule has 9 heteroatoms. The molecular weight excluding hydrogens is 418 g/mol. The molecule has 1 aliphatic rings. The number of aromatic nitrogens is 6. The molecule has 9 nitrogen and oxygen atoms in total. The van der Waals surface area contributed by atoms with Crippen LogP contribution in [0.4, 0.5) is 0 Å². The lowest BCUT2D eigenvalue weighted by Crippen LogP contribution is -2.25. The predicted octanol–water partition coefficient (Wildman–Crippen LogP) is 3.73. The van der Waals surface area contributed by atoms with Gasteiger partial charge in [0.05, 0.1) is 5.69 Å². The van der Waals surface area contributed by atoms with Crippen LogP contribution < -0.4 is 5.32 Å². The number of hydrogen-bond acceptors (Lipinski definition) is 7. The fraction of sp³-hybridized carbons (Fsp3) is 0.167. The Kier molecular flexibility index (Phi) is 4.46. The van der Waals surface area contributed by atoms with Crippen LogP contribution in [-0.2, 0) is 0 Å². The van der Waals surface area contributed by atoms with Gasteiger partial charge in [0.15, 0.2) is 5.65 Å². The molecule has 0 unspecified atom stereocenters. The highest BCUT2D eigenvalue weighted by atomic mass is 16.4. The Hall–Kier alpha value is -4.40. The molecule has 3 aromatic heterocycles. The molecule has 0 atom stereocenters. The second-order valence-corrected chi connectivity index (χ2v) is 8.08. The van der Waals surface area contributed by atoms with E-state index in [0.717, 1.165) is 40.9 Å². The van der Waals surface area contributed by atoms with Crippen molar-refractivity contribution < 1.29 is 9.21 Å². The molecule has 162 valence electrons. The molecule has 0 bridgehead atoms. The van der Waals surface area contributed by atoms with Gasteiger partial charge < -0.3 is 9.73 Å². The van der Waals surface area contributed by atoms with Crippen LogP contribution in [0, 0.1) is 6.92 Å². The Labute approximate surface area is 188 Å². The average Bonchev–Trinajstić information content (AvgIpc) is 3.31. The summed E-state index contributed by atoms with van der Waals surface area (Å²) in [6.45, 7) is 2.00. The molecule has 1 aliphatic carbocycles. The molecule has 2 aromatic carbocycles. The highest BCUT2D eigenvalue weighted by molar-refractivity contribution is 5.95. The first-order valence-corrected chi connectivity index (χ1v) is 10.6. The Morgan fingerprint density at radius 2 is 1.88 bits per heavy atom. The van der Waals surface area contributed by atoms with E-state index < -0.39 is 0 Å². The van der Waals surface area contributed by atoms with Crippen LogP contribution in [0.25, 0.3) is 39.6 Å². The summed E-state index contributed by atoms with van der Waals surface area (Å²) in [7, 11) is 0. The van der Waals surface area contributed by atoms with Crippen LogP contribution in [0.5, 0.6) is 0 Å². The molecule has 33 heavy (non-hydrogen) atoms. The summed E-state index contributed by atoms with van der Waals surface area (Å²) in [5, 5.41) is 10.7. The maximum atomic E-state index is 12.6. The maximum Gasteiger partial charge on any atom is 0.251 e. The number of rotatable bonds is 5. The highest BCUT2D eigenvalue weighted by Gasteiger charge is 2.24. The molecule has 0 radical (unpaired) electrons. The first kappa shape index (κ1) is 19.3. The number of nitrogens with one attached hydrogen (secondary N) is 1. The van der Waals surface area contributed by atoms with E-state index in [0.29, 0.717) is 28.7 Å². The minimum atomic E-state index is -0.0557. The largest absolute Gasteiger partial charge is 0.423 e. The molecule has 0 saturated heterocycles. The van der Waals surface area contributed by atoms with E-state index >= 15 is 0 Å². The van der Waals surface area contributed by atoms with E-state index in [1.54, 1.807) is 6.33 Å². The second-order valence-electron chi connectivity index (χ2n) is 8.08. The number of fused-ring (bicyclic) bond motifs is 1. The highest BCUT2D eigenvalue weighted by Crippen LogP contribution is 2.29. The first-order chi connectivity index (χ1) is 16.2. The molecule has 3 heterocycles. The number of hydrogen-bond donors (Lipinski definition) is 1. The van der Waals surface area contributed by atoms with Crippen LogP contribution in [0.3, 0.4) is 0 Å². The van der Waals surface area contributed by atoms with Crippen LogP contribution in [0.15, 0.2) is 65.9 Å². The zero-order chi connectivity index (χ0) is 22.4. The van der Waals surface area contributed by atoms with Gasteiger partial charge in [-0.1, -0.05) is 18.2 Å². The van der Waals surface area contributed by atoms with Crippen LogP contribution in [-0.4, -0.2) is 41.7 Å². The number of amides is 1. The molecule has 1 N–H and O–H groups in total. The molecule has 6 rings (SSSR count). The summed E-state index contributed by atoms with van der Waals surface area (Å²) in [4.78, 5) is 26.2. The topological polar surface area (TPSA) is 112 Å². The van der Waals surface area contributed by atoms with Crippen molar-refractivity contribution in [3.63, 3.8) is 0 Å². The molecule has 1 amide bonds. The monoisotopic (exact) mass is 437 g/mol. The van der Waals surface area contributed by atoms with Crippen molar-refractivity contribution in [2.45, 2.75) is 25.8 Å². The van der Waals surface area contributed by atoms with E-state index in [1.807, 2.05) is 54.0 Å². The lowest BCUT2D eigenvalue weighted by molar-refractivity contribution is 0.0951. The quantitative estimate of drug-likeness (QED) is 0.446. The van der Waals surface area contributed by atoms with Gasteiger partial charge in [0.2, 0.25) is 12.3 Å². The smallest absolute Gasteiger partial charge is 0.251 e. The number of aryl methyl sites for hydroxylation is 1. The van der Waals surface area contributed by atoms with Gasteiger partial charge >= 0.3 is 0 Å². The van der Waals surface area contributed by atoms with Gasteiger partial charge in [-0.25, -0.2) is 15.0 Å². The fourth-order valence-corrected chi connectivity index (χ4v) is 3.80. The van der Waals surface area contributed by atoms with Gasteiger partial charge in [-0.05, 0) is 49.6 Å². The van der Waals surface area contributed by atoms with Gasteiger partial charge in [-0.15, -0.1) is 10.2 Å². The molecule has 5 aromatic rings. The lowest BCUT2D eigenvalue weighted by Gasteiger charge is -2.11. The van der Waals surface area contributed by atoms with Gasteiger partial charge in [0.1, 0.15) is 23.9 Å². The third kappa shape index (κ3) is 3.53. The lowest BCUT2D eigenvalue weighted by atomic mass is 10.1. The van der Waals surface area contributed by atoms with Gasteiger partial charge in [-0.2, -0.15) is 0 Å². The van der Waals surface area contributed by atoms with E-state index in [4.69, 9.17) is 4.42 Å². The SMILES string of the molecule is Cc1ccc(C(=O)NC2CC2)cc1-n1cnc2c(-c3ccc(-c4nnco4)cc3)ncnc21. The summed E-state index contributed by atoms with van der Waals surface area (Å²) in [6, 6.07) is 13.7. The number of carbonyl (C=O) groups is 1. The van der Waals surface area contributed by atoms with Crippen molar-refractivity contribution in [2.24, 2.45) is 0 Å². The second kappa shape index (κ2) is 7.63. The van der Waals surface area contributed by atoms with E-state index in [-0.39, 0.29) is 5.91 Å². The van der Waals surface area contributed by atoms with Crippen molar-refractivity contribution in [3.05, 3.63) is 72.6 Å². The van der Waals surface area contributed by atoms with Crippen LogP contribution in [0.1, 0.15) is 28.8 Å². The van der Waals surface area contributed by atoms with Gasteiger partial charge in [0, 0.05) is 22.7 Å². The van der Waals surface area contributed by atoms with Crippen molar-refractivity contribution in [3.8, 4) is 28.4 Å². The summed E-state index contributed by atoms with van der Waals surface area (Å²) < 4.78 is 7.16. The zero-order valence-corrected chi connectivity index (χ0v) is 17.8. The predicted molar refractivity (Wildman–Crippen MR) is 121 cm³/mol. The first-order valence-electron chi connectivity index (χ1n) is 10.6. The Bertz CT molecular complexity index is 1470. The molecule has 0 spiro atoms. The summed E-state index contributed by atoms with van der Waals surface area (Å²) in [5.74, 6) is 0.402. The number of carbonyl (C=O) groups excluding carboxylic acids is 1.